The summed E-state index contributed by atoms with van der Waals surface area (Å²) in [6.07, 6.45) is -2.62. The lowest BCUT2D eigenvalue weighted by atomic mass is 10.8. The maximum absolute atomic E-state index is 11.1. The molecular weight excluding hydrogens is 266 g/mol. The minimum Gasteiger partial charge on any atom is -0.225 e. The number of halogens is 8. The zero-order valence-corrected chi connectivity index (χ0v) is 8.36. The smallest absolute Gasteiger partial charge is 0.225 e. The van der Waals surface area contributed by atoms with E-state index in [-0.39, 0.29) is 0 Å². The molecule has 0 aliphatic heterocycles. The molecule has 0 rings (SSSR count). The van der Waals surface area contributed by atoms with E-state index in [0.717, 1.165) is 0 Å². The van der Waals surface area contributed by atoms with Gasteiger partial charge in [-0.1, -0.05) is 46.4 Å². The summed E-state index contributed by atoms with van der Waals surface area (Å²) in [6.45, 7) is 0. The second kappa shape index (κ2) is 8.48. The molecule has 2 atom stereocenters. The molecule has 0 aromatic heterocycles. The first-order valence-electron chi connectivity index (χ1n) is 2.41. The van der Waals surface area contributed by atoms with Gasteiger partial charge in [0.1, 0.15) is 0 Å². The van der Waals surface area contributed by atoms with Gasteiger partial charge in [-0.3, -0.25) is 0 Å². The average molecular weight is 270 g/mol. The first-order chi connectivity index (χ1) is 5.29. The predicted molar refractivity (Wildman–Crippen MR) is 43.0 cm³/mol. The third-order valence-electron chi connectivity index (χ3n) is 0.381. The van der Waals surface area contributed by atoms with E-state index in [0.29, 0.717) is 0 Å². The van der Waals surface area contributed by atoms with E-state index in [9.17, 15) is 17.6 Å². The van der Waals surface area contributed by atoms with Crippen molar-refractivity contribution in [3.8, 4) is 0 Å². The van der Waals surface area contributed by atoms with E-state index >= 15 is 0 Å². The van der Waals surface area contributed by atoms with Crippen LogP contribution in [0, 0.1) is 0 Å². The predicted octanol–water partition coefficient (Wildman–Crippen LogP) is 4.11. The zero-order valence-electron chi connectivity index (χ0n) is 5.33. The highest BCUT2D eigenvalue weighted by Crippen LogP contribution is 2.11. The fraction of sp³-hybridized carbons (Fsp3) is 1.00. The maximum atomic E-state index is 11.1. The van der Waals surface area contributed by atoms with Crippen LogP contribution in [0.15, 0.2) is 0 Å². The maximum Gasteiger partial charge on any atom is 0.268 e. The van der Waals surface area contributed by atoms with Crippen LogP contribution < -0.4 is 0 Å². The van der Waals surface area contributed by atoms with Gasteiger partial charge >= 0.3 is 0 Å². The van der Waals surface area contributed by atoms with Crippen molar-refractivity contribution in [3.05, 3.63) is 0 Å². The van der Waals surface area contributed by atoms with Gasteiger partial charge in [-0.15, -0.1) is 0 Å². The van der Waals surface area contributed by atoms with Gasteiger partial charge in [0.25, 0.3) is 6.43 Å². The standard InChI is InChI=1S/2C2H2Cl2F2/c3-1(5)2(4)6;3-1(4)2(5)6/h2*1-2H. The Labute approximate surface area is 86.7 Å². The van der Waals surface area contributed by atoms with E-state index in [2.05, 4.69) is 46.4 Å². The molecule has 0 nitrogen and oxygen atoms in total. The van der Waals surface area contributed by atoms with Crippen molar-refractivity contribution >= 4 is 46.4 Å². The SMILES string of the molecule is FC(Cl)C(F)Cl.FC(F)C(Cl)Cl. The first kappa shape index (κ1) is 15.4. The Hall–Kier alpha value is 0.880. The highest BCUT2D eigenvalue weighted by molar-refractivity contribution is 6.44. The van der Waals surface area contributed by atoms with Crippen molar-refractivity contribution in [1.82, 2.24) is 0 Å². The molecular formula is C4H4Cl4F4. The highest BCUT2D eigenvalue weighted by Gasteiger charge is 2.11. The third-order valence-corrected chi connectivity index (χ3v) is 1.33. The summed E-state index contributed by atoms with van der Waals surface area (Å²) in [4.78, 5) is -1.54. The molecule has 0 heterocycles. The molecule has 0 radical (unpaired) electrons. The molecule has 8 heteroatoms. The van der Waals surface area contributed by atoms with Crippen LogP contribution in [-0.4, -0.2) is 22.5 Å². The summed E-state index contributed by atoms with van der Waals surface area (Å²) in [5.41, 5.74) is -4.15. The number of hydrogen-bond acceptors (Lipinski definition) is 0. The lowest BCUT2D eigenvalue weighted by Crippen LogP contribution is -1.99. The fourth-order valence-corrected chi connectivity index (χ4v) is 0. The van der Waals surface area contributed by atoms with Crippen molar-refractivity contribution in [3.63, 3.8) is 0 Å². The van der Waals surface area contributed by atoms with Crippen molar-refractivity contribution in [2.45, 2.75) is 22.5 Å². The van der Waals surface area contributed by atoms with E-state index in [1.165, 1.54) is 0 Å². The van der Waals surface area contributed by atoms with E-state index < -0.39 is 22.5 Å². The fourth-order valence-electron chi connectivity index (χ4n) is 0. The van der Waals surface area contributed by atoms with E-state index in [4.69, 9.17) is 0 Å². The molecule has 0 spiro atoms. The molecule has 0 aromatic carbocycles. The molecule has 12 heavy (non-hydrogen) atoms. The average Bonchev–Trinajstić information content (AvgIpc) is 1.88. The van der Waals surface area contributed by atoms with Crippen LogP contribution in [0.25, 0.3) is 0 Å². The molecule has 0 aliphatic carbocycles. The molecule has 0 saturated heterocycles. The minimum atomic E-state index is -2.62. The molecule has 0 bridgehead atoms. The molecule has 0 aliphatic rings. The van der Waals surface area contributed by atoms with Crippen LogP contribution in [-0.2, 0) is 0 Å². The van der Waals surface area contributed by atoms with Crippen LogP contribution in [0.1, 0.15) is 0 Å². The Balaban J connectivity index is 0. The number of rotatable bonds is 2. The summed E-state index contributed by atoms with van der Waals surface area (Å²) in [5, 5.41) is 0. The molecule has 0 amide bonds. The van der Waals surface area contributed by atoms with Gasteiger partial charge in [0.2, 0.25) is 11.3 Å². The molecule has 0 fully saturated rings. The summed E-state index contributed by atoms with van der Waals surface area (Å²) in [5.74, 6) is 0. The minimum absolute atomic E-state index is 1.54. The Morgan fingerprint density at radius 2 is 0.833 bits per heavy atom. The van der Waals surface area contributed by atoms with Gasteiger partial charge in [-0.05, 0) is 0 Å². The van der Waals surface area contributed by atoms with Gasteiger partial charge in [-0.2, -0.15) is 0 Å². The molecule has 0 aromatic rings. The molecule has 2 unspecified atom stereocenters. The van der Waals surface area contributed by atoms with Crippen molar-refractivity contribution in [1.29, 1.82) is 0 Å². The van der Waals surface area contributed by atoms with Gasteiger partial charge in [-0.25, -0.2) is 17.6 Å². The largest absolute Gasteiger partial charge is 0.268 e. The zero-order chi connectivity index (χ0) is 10.3. The van der Waals surface area contributed by atoms with Gasteiger partial charge in [0.15, 0.2) is 4.84 Å². The van der Waals surface area contributed by atoms with Crippen molar-refractivity contribution in [2.75, 3.05) is 0 Å². The molecule has 0 saturated carbocycles. The van der Waals surface area contributed by atoms with E-state index in [1.807, 2.05) is 0 Å². The van der Waals surface area contributed by atoms with Gasteiger partial charge in [0, 0.05) is 0 Å². The monoisotopic (exact) mass is 268 g/mol. The quantitative estimate of drug-likeness (QED) is 0.523. The summed E-state index contributed by atoms with van der Waals surface area (Å²) in [6, 6.07) is 0. The van der Waals surface area contributed by atoms with Crippen LogP contribution >= 0.6 is 46.4 Å². The summed E-state index contributed by atoms with van der Waals surface area (Å²) in [7, 11) is 0. The number of alkyl halides is 8. The number of hydrogen-bond donors (Lipinski definition) is 0. The normalized spacial score (nSPS) is 15.5. The van der Waals surface area contributed by atoms with Crippen LogP contribution in [0.5, 0.6) is 0 Å². The lowest BCUT2D eigenvalue weighted by molar-refractivity contribution is 0.164. The molecule has 76 valence electrons. The second-order valence-electron chi connectivity index (χ2n) is 1.34. The summed E-state index contributed by atoms with van der Waals surface area (Å²) < 4.78 is 44.0. The Kier molecular flexibility index (Phi) is 10.8. The molecule has 0 N–H and O–H groups in total. The topological polar surface area (TPSA) is 0 Å². The van der Waals surface area contributed by atoms with Gasteiger partial charge < -0.3 is 0 Å². The van der Waals surface area contributed by atoms with Crippen molar-refractivity contribution < 1.29 is 17.6 Å². The van der Waals surface area contributed by atoms with Crippen molar-refractivity contribution in [2.24, 2.45) is 0 Å². The Morgan fingerprint density at radius 3 is 0.833 bits per heavy atom. The first-order valence-corrected chi connectivity index (χ1v) is 4.16. The Bertz CT molecular complexity index is 73.1. The van der Waals surface area contributed by atoms with Gasteiger partial charge in [0.05, 0.1) is 0 Å². The summed E-state index contributed by atoms with van der Waals surface area (Å²) >= 11 is 18.1. The second-order valence-corrected chi connectivity index (χ2v) is 3.34. The Morgan fingerprint density at radius 1 is 0.667 bits per heavy atom. The van der Waals surface area contributed by atoms with E-state index in [1.54, 1.807) is 0 Å². The van der Waals surface area contributed by atoms with Crippen LogP contribution in [0.3, 0.4) is 0 Å². The lowest BCUT2D eigenvalue weighted by Gasteiger charge is -1.92. The highest BCUT2D eigenvalue weighted by atomic mass is 35.5. The van der Waals surface area contributed by atoms with Crippen LogP contribution in [0.4, 0.5) is 17.6 Å². The van der Waals surface area contributed by atoms with Crippen LogP contribution in [0.2, 0.25) is 0 Å². The third kappa shape index (κ3) is 13.5.